The number of carbonyl (C=O) groups is 1. The molecule has 1 unspecified atom stereocenters. The summed E-state index contributed by atoms with van der Waals surface area (Å²) < 4.78 is 2.28. The van der Waals surface area contributed by atoms with Gasteiger partial charge in [0.1, 0.15) is 0 Å². The topological polar surface area (TPSA) is 54.3 Å². The number of fused-ring (bicyclic) bond motifs is 1. The van der Waals surface area contributed by atoms with E-state index >= 15 is 0 Å². The first-order valence-electron chi connectivity index (χ1n) is 9.95. The highest BCUT2D eigenvalue weighted by atomic mass is 32.2. The fourth-order valence-electron chi connectivity index (χ4n) is 4.29. The highest BCUT2D eigenvalue weighted by Crippen LogP contribution is 2.41. The molecule has 0 bridgehead atoms. The SMILES string of the molecule is CC1Cc2ccccc2N1C(=O)CSc1nnc(N2CCCC2)n1C1CC1. The highest BCUT2D eigenvalue weighted by molar-refractivity contribution is 7.99. The van der Waals surface area contributed by atoms with Gasteiger partial charge >= 0.3 is 0 Å². The van der Waals surface area contributed by atoms with Crippen molar-refractivity contribution in [1.29, 1.82) is 0 Å². The third kappa shape index (κ3) is 3.12. The van der Waals surface area contributed by atoms with Gasteiger partial charge in [-0.1, -0.05) is 30.0 Å². The molecule has 2 fully saturated rings. The van der Waals surface area contributed by atoms with Gasteiger partial charge in [-0.3, -0.25) is 9.36 Å². The fraction of sp³-hybridized carbons (Fsp3) is 0.550. The molecule has 1 aliphatic carbocycles. The van der Waals surface area contributed by atoms with Crippen molar-refractivity contribution in [3.05, 3.63) is 29.8 Å². The number of benzene rings is 1. The van der Waals surface area contributed by atoms with Crippen LogP contribution in [0.1, 0.15) is 44.2 Å². The summed E-state index contributed by atoms with van der Waals surface area (Å²) >= 11 is 1.54. The Morgan fingerprint density at radius 2 is 1.96 bits per heavy atom. The molecule has 142 valence electrons. The van der Waals surface area contributed by atoms with E-state index in [-0.39, 0.29) is 11.9 Å². The minimum Gasteiger partial charge on any atom is -0.341 e. The first-order chi connectivity index (χ1) is 13.2. The van der Waals surface area contributed by atoms with Crippen molar-refractivity contribution in [1.82, 2.24) is 14.8 Å². The molecule has 1 aromatic carbocycles. The molecular weight excluding hydrogens is 358 g/mol. The smallest absolute Gasteiger partial charge is 0.237 e. The van der Waals surface area contributed by atoms with Crippen LogP contribution in [0.4, 0.5) is 11.6 Å². The Balaban J connectivity index is 1.32. The minimum absolute atomic E-state index is 0.158. The average molecular weight is 384 g/mol. The molecular formula is C20H25N5OS. The van der Waals surface area contributed by atoms with Gasteiger partial charge in [0.15, 0.2) is 5.16 Å². The van der Waals surface area contributed by atoms with Gasteiger partial charge in [0.25, 0.3) is 0 Å². The molecule has 2 aliphatic heterocycles. The van der Waals surface area contributed by atoms with E-state index in [0.717, 1.165) is 36.3 Å². The maximum atomic E-state index is 13.0. The third-order valence-electron chi connectivity index (χ3n) is 5.75. The molecule has 27 heavy (non-hydrogen) atoms. The van der Waals surface area contributed by atoms with Gasteiger partial charge in [0, 0.05) is 30.9 Å². The van der Waals surface area contributed by atoms with Crippen LogP contribution in [0.3, 0.4) is 0 Å². The number of rotatable bonds is 5. The van der Waals surface area contributed by atoms with Gasteiger partial charge in [-0.2, -0.15) is 0 Å². The van der Waals surface area contributed by atoms with Crippen molar-refractivity contribution >= 4 is 29.3 Å². The van der Waals surface area contributed by atoms with Gasteiger partial charge in [0.05, 0.1) is 5.75 Å². The van der Waals surface area contributed by atoms with Crippen molar-refractivity contribution in [2.75, 3.05) is 28.6 Å². The summed E-state index contributed by atoms with van der Waals surface area (Å²) in [7, 11) is 0. The lowest BCUT2D eigenvalue weighted by molar-refractivity contribution is -0.116. The quantitative estimate of drug-likeness (QED) is 0.742. The van der Waals surface area contributed by atoms with Gasteiger partial charge in [-0.05, 0) is 50.7 Å². The van der Waals surface area contributed by atoms with E-state index in [2.05, 4.69) is 38.7 Å². The second-order valence-corrected chi connectivity index (χ2v) is 8.75. The molecule has 2 aromatic rings. The van der Waals surface area contributed by atoms with E-state index in [4.69, 9.17) is 0 Å². The van der Waals surface area contributed by atoms with Crippen LogP contribution in [0.15, 0.2) is 29.4 Å². The number of para-hydroxylation sites is 1. The van der Waals surface area contributed by atoms with Crippen LogP contribution in [-0.4, -0.2) is 45.6 Å². The van der Waals surface area contributed by atoms with Crippen LogP contribution in [-0.2, 0) is 11.2 Å². The summed E-state index contributed by atoms with van der Waals surface area (Å²) in [6, 6.07) is 8.97. The molecule has 0 spiro atoms. The van der Waals surface area contributed by atoms with Crippen LogP contribution in [0.5, 0.6) is 0 Å². The molecule has 6 nitrogen and oxygen atoms in total. The van der Waals surface area contributed by atoms with Gasteiger partial charge in [-0.15, -0.1) is 10.2 Å². The Morgan fingerprint density at radius 1 is 1.19 bits per heavy atom. The summed E-state index contributed by atoms with van der Waals surface area (Å²) in [5.74, 6) is 1.57. The first kappa shape index (κ1) is 17.1. The summed E-state index contributed by atoms with van der Waals surface area (Å²) in [4.78, 5) is 17.3. The van der Waals surface area contributed by atoms with Crippen molar-refractivity contribution < 1.29 is 4.79 Å². The Bertz CT molecular complexity index is 856. The van der Waals surface area contributed by atoms with E-state index < -0.39 is 0 Å². The Labute approximate surface area is 163 Å². The van der Waals surface area contributed by atoms with E-state index in [1.54, 1.807) is 0 Å². The Hall–Kier alpha value is -2.02. The summed E-state index contributed by atoms with van der Waals surface area (Å²) in [5, 5.41) is 9.82. The monoisotopic (exact) mass is 383 g/mol. The normalized spacial score (nSPS) is 21.7. The summed E-state index contributed by atoms with van der Waals surface area (Å²) in [6.07, 6.45) is 5.77. The lowest BCUT2D eigenvalue weighted by atomic mass is 10.1. The molecule has 1 saturated carbocycles. The number of carbonyl (C=O) groups excluding carboxylic acids is 1. The number of nitrogens with zero attached hydrogens (tertiary/aromatic N) is 5. The van der Waals surface area contributed by atoms with Crippen molar-refractivity contribution in [2.45, 2.75) is 56.3 Å². The Morgan fingerprint density at radius 3 is 2.74 bits per heavy atom. The maximum Gasteiger partial charge on any atom is 0.237 e. The van der Waals surface area contributed by atoms with Crippen LogP contribution < -0.4 is 9.80 Å². The van der Waals surface area contributed by atoms with Gasteiger partial charge in [0.2, 0.25) is 11.9 Å². The summed E-state index contributed by atoms with van der Waals surface area (Å²) in [5.41, 5.74) is 2.33. The number of thioether (sulfide) groups is 1. The van der Waals surface area contributed by atoms with Gasteiger partial charge < -0.3 is 9.80 Å². The van der Waals surface area contributed by atoms with E-state index in [1.165, 1.54) is 43.0 Å². The van der Waals surface area contributed by atoms with Crippen LogP contribution in [0, 0.1) is 0 Å². The van der Waals surface area contributed by atoms with Crippen LogP contribution in [0.2, 0.25) is 0 Å². The van der Waals surface area contributed by atoms with Crippen molar-refractivity contribution in [3.8, 4) is 0 Å². The lowest BCUT2D eigenvalue weighted by Gasteiger charge is -2.22. The third-order valence-corrected chi connectivity index (χ3v) is 6.68. The number of hydrogen-bond acceptors (Lipinski definition) is 5. The number of anilines is 2. The molecule has 1 aromatic heterocycles. The first-order valence-corrected chi connectivity index (χ1v) is 10.9. The number of hydrogen-bond donors (Lipinski definition) is 0. The average Bonchev–Trinajstić information content (AvgIpc) is 3.09. The zero-order valence-electron chi connectivity index (χ0n) is 15.7. The van der Waals surface area contributed by atoms with Gasteiger partial charge in [-0.25, -0.2) is 0 Å². The van der Waals surface area contributed by atoms with Crippen LogP contribution >= 0.6 is 11.8 Å². The molecule has 0 N–H and O–H groups in total. The predicted molar refractivity (Wildman–Crippen MR) is 108 cm³/mol. The molecule has 3 heterocycles. The lowest BCUT2D eigenvalue weighted by Crippen LogP contribution is -2.37. The predicted octanol–water partition coefficient (Wildman–Crippen LogP) is 3.28. The summed E-state index contributed by atoms with van der Waals surface area (Å²) in [6.45, 7) is 4.26. The van der Waals surface area contributed by atoms with Crippen molar-refractivity contribution in [2.24, 2.45) is 0 Å². The van der Waals surface area contributed by atoms with Crippen molar-refractivity contribution in [3.63, 3.8) is 0 Å². The molecule has 3 aliphatic rings. The standard InChI is InChI=1S/C20H25N5OS/c1-14-12-15-6-2-3-7-17(15)24(14)18(26)13-27-20-22-21-19(23-10-4-5-11-23)25(20)16-8-9-16/h2-3,6-7,14,16H,4-5,8-13H2,1H3. The van der Waals surface area contributed by atoms with E-state index in [0.29, 0.717) is 11.8 Å². The Kier molecular flexibility index (Phi) is 4.34. The zero-order chi connectivity index (χ0) is 18.4. The minimum atomic E-state index is 0.158. The maximum absolute atomic E-state index is 13.0. The highest BCUT2D eigenvalue weighted by Gasteiger charge is 2.34. The molecule has 1 atom stereocenters. The van der Waals surface area contributed by atoms with E-state index in [1.807, 2.05) is 17.0 Å². The second kappa shape index (κ2) is 6.86. The molecule has 7 heteroatoms. The second-order valence-electron chi connectivity index (χ2n) is 7.81. The zero-order valence-corrected chi connectivity index (χ0v) is 16.5. The molecule has 1 amide bonds. The molecule has 1 saturated heterocycles. The number of aromatic nitrogens is 3. The number of amides is 1. The van der Waals surface area contributed by atoms with E-state index in [9.17, 15) is 4.79 Å². The molecule has 5 rings (SSSR count). The largest absolute Gasteiger partial charge is 0.341 e. The fourth-order valence-corrected chi connectivity index (χ4v) is 5.15. The van der Waals surface area contributed by atoms with Crippen LogP contribution in [0.25, 0.3) is 0 Å². The molecule has 0 radical (unpaired) electrons.